The molecule has 12 nitrogen and oxygen atoms in total. The van der Waals surface area contributed by atoms with Crippen LogP contribution in [0.3, 0.4) is 0 Å². The van der Waals surface area contributed by atoms with Gasteiger partial charge in [-0.3, -0.25) is 0 Å². The summed E-state index contributed by atoms with van der Waals surface area (Å²) in [6, 6.07) is 7.92. The van der Waals surface area contributed by atoms with E-state index in [1.54, 1.807) is 24.3 Å². The first-order valence-corrected chi connectivity index (χ1v) is 10.5. The van der Waals surface area contributed by atoms with Gasteiger partial charge in [-0.25, -0.2) is 0 Å². The highest BCUT2D eigenvalue weighted by Gasteiger charge is 2.50. The van der Waals surface area contributed by atoms with E-state index in [-0.39, 0.29) is 0 Å². The highest BCUT2D eigenvalue weighted by Crippen LogP contribution is 2.37. The van der Waals surface area contributed by atoms with Gasteiger partial charge in [0.25, 0.3) is 0 Å². The van der Waals surface area contributed by atoms with E-state index in [2.05, 4.69) is 10.0 Å². The van der Waals surface area contributed by atoms with Crippen molar-refractivity contribution < 1.29 is 44.8 Å². The van der Waals surface area contributed by atoms with Crippen molar-refractivity contribution in [3.63, 3.8) is 0 Å². The molecule has 6 N–H and O–H groups in total. The van der Waals surface area contributed by atoms with Gasteiger partial charge in [-0.15, -0.1) is 0 Å². The minimum atomic E-state index is -1.71. The lowest BCUT2D eigenvalue weighted by atomic mass is 9.96. The van der Waals surface area contributed by atoms with E-state index >= 15 is 0 Å². The number of nitrogens with zero attached hydrogens (tertiary/aromatic N) is 3. The molecule has 1 aromatic carbocycles. The molecule has 1 aromatic rings. The molecule has 2 fully saturated rings. The van der Waals surface area contributed by atoms with E-state index < -0.39 is 73.7 Å². The van der Waals surface area contributed by atoms with Gasteiger partial charge in [-0.05, 0) is 17.7 Å². The van der Waals surface area contributed by atoms with E-state index in [0.717, 1.165) is 4.90 Å². The van der Waals surface area contributed by atoms with Gasteiger partial charge in [0.2, 0.25) is 0 Å². The SMILES string of the molecule is [N-]=[N+]=N[C@@H]1[C@@H](O)[C@H](O[C@@H]2O[C@H](CO)[C@H](O)[C@H](O)[C@H]2O)[C@@H](CO)O[C@H]1Sc1ccccc1. The summed E-state index contributed by atoms with van der Waals surface area (Å²) in [5, 5.41) is 63.7. The first-order chi connectivity index (χ1) is 14.9. The van der Waals surface area contributed by atoms with E-state index in [1.165, 1.54) is 11.8 Å². The summed E-state index contributed by atoms with van der Waals surface area (Å²) in [6.45, 7) is -1.23. The fraction of sp³-hybridized carbons (Fsp3) is 0.667. The Morgan fingerprint density at radius 3 is 2.23 bits per heavy atom. The van der Waals surface area contributed by atoms with Crippen LogP contribution >= 0.6 is 11.8 Å². The second-order valence-corrected chi connectivity index (χ2v) is 8.31. The van der Waals surface area contributed by atoms with Crippen LogP contribution in [0.1, 0.15) is 0 Å². The van der Waals surface area contributed by atoms with Crippen molar-refractivity contribution in [2.45, 2.75) is 65.4 Å². The number of azide groups is 1. The minimum Gasteiger partial charge on any atom is -0.394 e. The van der Waals surface area contributed by atoms with Gasteiger partial charge in [-0.1, -0.05) is 35.1 Å². The van der Waals surface area contributed by atoms with Gasteiger partial charge in [0.15, 0.2) is 6.29 Å². The Kier molecular flexibility index (Phi) is 8.50. The van der Waals surface area contributed by atoms with Gasteiger partial charge in [-0.2, -0.15) is 0 Å². The zero-order valence-electron chi connectivity index (χ0n) is 16.2. The molecule has 0 spiro atoms. The first-order valence-electron chi connectivity index (χ1n) is 9.57. The third kappa shape index (κ3) is 5.30. The molecule has 0 unspecified atom stereocenters. The lowest BCUT2D eigenvalue weighted by molar-refractivity contribution is -0.332. The Morgan fingerprint density at radius 2 is 1.61 bits per heavy atom. The van der Waals surface area contributed by atoms with Gasteiger partial charge >= 0.3 is 0 Å². The average molecular weight is 459 g/mol. The van der Waals surface area contributed by atoms with Crippen molar-refractivity contribution in [1.82, 2.24) is 0 Å². The molecule has 2 heterocycles. The lowest BCUT2D eigenvalue weighted by Crippen LogP contribution is -2.63. The Morgan fingerprint density at radius 1 is 0.935 bits per heavy atom. The molecule has 13 heteroatoms. The van der Waals surface area contributed by atoms with Crippen molar-refractivity contribution in [3.05, 3.63) is 40.8 Å². The number of thioether (sulfide) groups is 1. The number of hydrogen-bond donors (Lipinski definition) is 6. The molecule has 0 radical (unpaired) electrons. The molecular weight excluding hydrogens is 434 g/mol. The van der Waals surface area contributed by atoms with E-state index in [4.69, 9.17) is 19.7 Å². The number of aliphatic hydroxyl groups is 6. The van der Waals surface area contributed by atoms with Crippen molar-refractivity contribution in [2.24, 2.45) is 5.11 Å². The minimum absolute atomic E-state index is 0.575. The molecule has 0 aliphatic carbocycles. The predicted octanol–water partition coefficient (Wildman–Crippen LogP) is -1.28. The fourth-order valence-electron chi connectivity index (χ4n) is 3.47. The van der Waals surface area contributed by atoms with E-state index in [9.17, 15) is 30.6 Å². The molecule has 3 rings (SSSR count). The maximum absolute atomic E-state index is 10.9. The smallest absolute Gasteiger partial charge is 0.187 e. The molecule has 0 aromatic heterocycles. The topological polar surface area (TPSA) is 198 Å². The highest BCUT2D eigenvalue weighted by molar-refractivity contribution is 7.99. The largest absolute Gasteiger partial charge is 0.394 e. The molecule has 10 atom stereocenters. The first kappa shape index (κ1) is 24.2. The van der Waals surface area contributed by atoms with Crippen molar-refractivity contribution in [1.29, 1.82) is 0 Å². The van der Waals surface area contributed by atoms with Crippen molar-refractivity contribution in [3.8, 4) is 0 Å². The quantitative estimate of drug-likeness (QED) is 0.162. The maximum atomic E-state index is 10.9. The van der Waals surface area contributed by atoms with Crippen molar-refractivity contribution in [2.75, 3.05) is 13.2 Å². The molecule has 172 valence electrons. The monoisotopic (exact) mass is 459 g/mol. The number of ether oxygens (including phenoxy) is 3. The second-order valence-electron chi connectivity index (χ2n) is 7.14. The maximum Gasteiger partial charge on any atom is 0.187 e. The van der Waals surface area contributed by atoms with E-state index in [1.807, 2.05) is 6.07 Å². The third-order valence-electron chi connectivity index (χ3n) is 5.14. The number of hydrogen-bond acceptors (Lipinski definition) is 11. The summed E-state index contributed by atoms with van der Waals surface area (Å²) in [4.78, 5) is 3.54. The van der Waals surface area contributed by atoms with Crippen LogP contribution in [0.4, 0.5) is 0 Å². The molecule has 2 aliphatic heterocycles. The number of aliphatic hydroxyl groups excluding tert-OH is 6. The Labute approximate surface area is 181 Å². The van der Waals surface area contributed by atoms with Gasteiger partial charge < -0.3 is 44.8 Å². The standard InChI is InChI=1S/C18H25N3O9S/c19-21-20-11-13(25)16(30-17-15(27)14(26)12(24)9(6-22)28-17)10(7-23)29-18(11)31-8-4-2-1-3-5-8/h1-5,9-18,22-27H,6-7H2/t9-,10-,11-,12+,13-,14+,15-,16-,17+,18+/m1/s1. The zero-order chi connectivity index (χ0) is 22.5. The summed E-state index contributed by atoms with van der Waals surface area (Å²) in [7, 11) is 0. The predicted molar refractivity (Wildman–Crippen MR) is 106 cm³/mol. The van der Waals surface area contributed by atoms with Crippen LogP contribution in [0, 0.1) is 0 Å². The molecule has 0 amide bonds. The van der Waals surface area contributed by atoms with Crippen LogP contribution in [-0.2, 0) is 14.2 Å². The fourth-order valence-corrected chi connectivity index (χ4v) is 4.60. The summed E-state index contributed by atoms with van der Waals surface area (Å²) in [5.41, 5.74) is 8.12. The second kappa shape index (κ2) is 10.9. The average Bonchev–Trinajstić information content (AvgIpc) is 2.78. The summed E-state index contributed by atoms with van der Waals surface area (Å²) in [6.07, 6.45) is -11.6. The van der Waals surface area contributed by atoms with Gasteiger partial charge in [0, 0.05) is 9.81 Å². The lowest BCUT2D eigenvalue weighted by Gasteiger charge is -2.46. The Bertz CT molecular complexity index is 754. The normalized spacial score (nSPS) is 40.8. The summed E-state index contributed by atoms with van der Waals surface area (Å²) < 4.78 is 16.7. The van der Waals surface area contributed by atoms with Gasteiger partial charge in [0.1, 0.15) is 48.1 Å². The third-order valence-corrected chi connectivity index (χ3v) is 6.31. The summed E-state index contributed by atoms with van der Waals surface area (Å²) >= 11 is 1.19. The van der Waals surface area contributed by atoms with Crippen LogP contribution in [0.2, 0.25) is 0 Å². The Balaban J connectivity index is 1.80. The zero-order valence-corrected chi connectivity index (χ0v) is 17.0. The highest BCUT2D eigenvalue weighted by atomic mass is 32.2. The molecule has 0 bridgehead atoms. The molecule has 31 heavy (non-hydrogen) atoms. The van der Waals surface area contributed by atoms with Crippen molar-refractivity contribution >= 4 is 11.8 Å². The number of benzene rings is 1. The number of rotatable bonds is 7. The molecule has 0 saturated carbocycles. The van der Waals surface area contributed by atoms with E-state index in [0.29, 0.717) is 0 Å². The van der Waals surface area contributed by atoms with Crippen LogP contribution < -0.4 is 0 Å². The van der Waals surface area contributed by atoms with Crippen LogP contribution in [-0.4, -0.2) is 104 Å². The molecule has 2 saturated heterocycles. The van der Waals surface area contributed by atoms with Gasteiger partial charge in [0.05, 0.1) is 19.3 Å². The van der Waals surface area contributed by atoms with Crippen LogP contribution in [0.15, 0.2) is 40.3 Å². The molecule has 2 aliphatic rings. The van der Waals surface area contributed by atoms with Crippen LogP contribution in [0.5, 0.6) is 0 Å². The summed E-state index contributed by atoms with van der Waals surface area (Å²) in [5.74, 6) is 0. The molecular formula is C18H25N3O9S. The van der Waals surface area contributed by atoms with Crippen LogP contribution in [0.25, 0.3) is 10.4 Å². The Hall–Kier alpha value is -1.48.